The van der Waals surface area contributed by atoms with E-state index in [-0.39, 0.29) is 48.1 Å². The van der Waals surface area contributed by atoms with E-state index in [0.29, 0.717) is 0 Å². The summed E-state index contributed by atoms with van der Waals surface area (Å²) in [4.78, 5) is 0. The molecule has 2 rings (SSSR count). The SMILES string of the molecule is CC1(C)C=CCC(C)(C)N1.CC1(C)C=CCC(C)(C)N1.[H-].[H-].[Mg+2]. The second-order valence-corrected chi connectivity index (χ2v) is 8.67. The quantitative estimate of drug-likeness (QED) is 0.521. The number of nitrogens with one attached hydrogen (secondary N) is 2. The summed E-state index contributed by atoms with van der Waals surface area (Å²) in [6.07, 6.45) is 11.3. The van der Waals surface area contributed by atoms with Gasteiger partial charge < -0.3 is 13.5 Å². The van der Waals surface area contributed by atoms with Crippen LogP contribution >= 0.6 is 0 Å². The molecule has 2 aliphatic heterocycles. The molecule has 0 spiro atoms. The summed E-state index contributed by atoms with van der Waals surface area (Å²) >= 11 is 0. The molecule has 0 aliphatic carbocycles. The van der Waals surface area contributed by atoms with Gasteiger partial charge in [0.2, 0.25) is 0 Å². The minimum absolute atomic E-state index is 0. The van der Waals surface area contributed by atoms with Crippen molar-refractivity contribution in [2.75, 3.05) is 0 Å². The van der Waals surface area contributed by atoms with Gasteiger partial charge >= 0.3 is 23.1 Å². The van der Waals surface area contributed by atoms with Crippen molar-refractivity contribution in [3.05, 3.63) is 24.3 Å². The summed E-state index contributed by atoms with van der Waals surface area (Å²) in [5, 5.41) is 7.09. The Bertz CT molecular complexity index is 362. The van der Waals surface area contributed by atoms with E-state index in [1.165, 1.54) is 0 Å². The first kappa shape index (κ1) is 21.2. The first-order valence-electron chi connectivity index (χ1n) is 7.77. The van der Waals surface area contributed by atoms with Gasteiger partial charge in [0.05, 0.1) is 0 Å². The molecule has 0 bridgehead atoms. The van der Waals surface area contributed by atoms with Crippen LogP contribution in [0.4, 0.5) is 0 Å². The zero-order valence-corrected chi connectivity index (χ0v) is 16.8. The van der Waals surface area contributed by atoms with Crippen molar-refractivity contribution in [2.24, 2.45) is 0 Å². The molecule has 2 aliphatic rings. The molecule has 0 radical (unpaired) electrons. The summed E-state index contributed by atoms with van der Waals surface area (Å²) in [5.41, 5.74) is 0.917. The molecule has 0 aromatic rings. The molecule has 2 heterocycles. The van der Waals surface area contributed by atoms with E-state index in [1.807, 2.05) is 0 Å². The largest absolute Gasteiger partial charge is 2.00 e. The molecule has 0 unspecified atom stereocenters. The maximum Gasteiger partial charge on any atom is 2.00 e. The van der Waals surface area contributed by atoms with Crippen LogP contribution in [0, 0.1) is 0 Å². The van der Waals surface area contributed by atoms with E-state index in [4.69, 9.17) is 0 Å². The first-order chi connectivity index (χ1) is 8.83. The van der Waals surface area contributed by atoms with Crippen LogP contribution in [0.2, 0.25) is 0 Å². The van der Waals surface area contributed by atoms with Crippen molar-refractivity contribution < 1.29 is 2.85 Å². The van der Waals surface area contributed by atoms with Crippen molar-refractivity contribution in [1.82, 2.24) is 10.6 Å². The molecule has 0 amide bonds. The van der Waals surface area contributed by atoms with E-state index < -0.39 is 0 Å². The molecule has 0 saturated heterocycles. The third-order valence-electron chi connectivity index (χ3n) is 3.65. The third kappa shape index (κ3) is 8.39. The average Bonchev–Trinajstić information content (AvgIpc) is 2.09. The standard InChI is InChI=1S/2C9H17N.Mg.2H/c2*1-8(2)6-5-7-9(3,4)10-8;;;/h2*5-6,10H,7H2,1-4H3;;;/q;;+2;2*-1. The van der Waals surface area contributed by atoms with E-state index in [0.717, 1.165) is 12.8 Å². The molecule has 3 heteroatoms. The van der Waals surface area contributed by atoms with Crippen LogP contribution in [0.3, 0.4) is 0 Å². The molecular weight excluding hydrogens is 269 g/mol. The fraction of sp³-hybridized carbons (Fsp3) is 0.778. The van der Waals surface area contributed by atoms with Crippen molar-refractivity contribution in [3.8, 4) is 0 Å². The maximum atomic E-state index is 3.55. The van der Waals surface area contributed by atoms with Gasteiger partial charge in [-0.15, -0.1) is 0 Å². The predicted molar refractivity (Wildman–Crippen MR) is 98.1 cm³/mol. The normalized spacial score (nSPS) is 27.0. The fourth-order valence-electron chi connectivity index (χ4n) is 3.23. The molecule has 0 aromatic carbocycles. The van der Waals surface area contributed by atoms with Crippen molar-refractivity contribution >= 4 is 23.1 Å². The molecule has 0 saturated carbocycles. The average molecular weight is 305 g/mol. The van der Waals surface area contributed by atoms with Crippen molar-refractivity contribution in [3.63, 3.8) is 0 Å². The Balaban J connectivity index is -0.000000308. The van der Waals surface area contributed by atoms with Crippen LogP contribution < -0.4 is 10.6 Å². The smallest absolute Gasteiger partial charge is 1.00 e. The fourth-order valence-corrected chi connectivity index (χ4v) is 3.23. The van der Waals surface area contributed by atoms with Crippen LogP contribution in [0.5, 0.6) is 0 Å². The summed E-state index contributed by atoms with van der Waals surface area (Å²) < 4.78 is 0. The van der Waals surface area contributed by atoms with Crippen LogP contribution in [0.1, 0.15) is 71.1 Å². The molecular formula is C18H36MgN2. The predicted octanol–water partition coefficient (Wildman–Crippen LogP) is 4.03. The minimum atomic E-state index is 0. The van der Waals surface area contributed by atoms with E-state index >= 15 is 0 Å². The van der Waals surface area contributed by atoms with Crippen molar-refractivity contribution in [1.29, 1.82) is 0 Å². The van der Waals surface area contributed by atoms with E-state index in [2.05, 4.69) is 90.3 Å². The molecule has 0 fully saturated rings. The second kappa shape index (κ2) is 7.16. The molecule has 2 N–H and O–H groups in total. The number of rotatable bonds is 0. The monoisotopic (exact) mass is 304 g/mol. The molecule has 0 atom stereocenters. The van der Waals surface area contributed by atoms with Crippen LogP contribution in [0.15, 0.2) is 24.3 Å². The van der Waals surface area contributed by atoms with Crippen LogP contribution in [-0.2, 0) is 0 Å². The number of hydrogen-bond donors (Lipinski definition) is 2. The van der Waals surface area contributed by atoms with Gasteiger partial charge in [-0.3, -0.25) is 0 Å². The van der Waals surface area contributed by atoms with Crippen LogP contribution in [0.25, 0.3) is 0 Å². The molecule has 0 aromatic heterocycles. The Morgan fingerprint density at radius 2 is 0.952 bits per heavy atom. The van der Waals surface area contributed by atoms with Crippen LogP contribution in [-0.4, -0.2) is 45.2 Å². The zero-order chi connectivity index (χ0) is 15.7. The molecule has 120 valence electrons. The second-order valence-electron chi connectivity index (χ2n) is 8.67. The van der Waals surface area contributed by atoms with Gasteiger partial charge in [0.25, 0.3) is 0 Å². The Labute approximate surface area is 151 Å². The van der Waals surface area contributed by atoms with Gasteiger partial charge in [-0.1, -0.05) is 24.3 Å². The summed E-state index contributed by atoms with van der Waals surface area (Å²) in [7, 11) is 0. The summed E-state index contributed by atoms with van der Waals surface area (Å²) in [6, 6.07) is 0. The van der Waals surface area contributed by atoms with Gasteiger partial charge in [-0.25, -0.2) is 0 Å². The summed E-state index contributed by atoms with van der Waals surface area (Å²) in [5.74, 6) is 0. The Kier molecular flexibility index (Phi) is 7.22. The topological polar surface area (TPSA) is 24.1 Å². The first-order valence-corrected chi connectivity index (χ1v) is 7.77. The van der Waals surface area contributed by atoms with Gasteiger partial charge in [-0.05, 0) is 68.2 Å². The minimum Gasteiger partial charge on any atom is -1.00 e. The molecule has 21 heavy (non-hydrogen) atoms. The molecule has 2 nitrogen and oxygen atoms in total. The Morgan fingerprint density at radius 1 is 0.667 bits per heavy atom. The van der Waals surface area contributed by atoms with Gasteiger partial charge in [0.15, 0.2) is 0 Å². The van der Waals surface area contributed by atoms with Gasteiger partial charge in [0.1, 0.15) is 0 Å². The Hall–Kier alpha value is 0.166. The maximum absolute atomic E-state index is 3.55. The van der Waals surface area contributed by atoms with E-state index in [9.17, 15) is 0 Å². The van der Waals surface area contributed by atoms with Gasteiger partial charge in [0, 0.05) is 22.2 Å². The zero-order valence-electron chi connectivity index (χ0n) is 17.4. The Morgan fingerprint density at radius 3 is 1.10 bits per heavy atom. The third-order valence-corrected chi connectivity index (χ3v) is 3.65. The summed E-state index contributed by atoms with van der Waals surface area (Å²) in [6.45, 7) is 17.7. The number of hydrogen-bond acceptors (Lipinski definition) is 2. The van der Waals surface area contributed by atoms with Gasteiger partial charge in [-0.2, -0.15) is 0 Å². The van der Waals surface area contributed by atoms with E-state index in [1.54, 1.807) is 0 Å². The van der Waals surface area contributed by atoms with Crippen molar-refractivity contribution in [2.45, 2.75) is 90.4 Å².